The van der Waals surface area contributed by atoms with Gasteiger partial charge in [0.2, 0.25) is 0 Å². The summed E-state index contributed by atoms with van der Waals surface area (Å²) < 4.78 is 5.41. The molecule has 1 amide bonds. The molecule has 0 unspecified atom stereocenters. The predicted molar refractivity (Wildman–Crippen MR) is 83.0 cm³/mol. The molecule has 0 spiro atoms. The fourth-order valence-electron chi connectivity index (χ4n) is 1.80. The summed E-state index contributed by atoms with van der Waals surface area (Å²) in [7, 11) is 0. The summed E-state index contributed by atoms with van der Waals surface area (Å²) in [5.74, 6) is 0.150. The number of ether oxygens (including phenoxy) is 1. The number of hydrogen-bond acceptors (Lipinski definition) is 3. The molecule has 0 saturated heterocycles. The lowest BCUT2D eigenvalue weighted by molar-refractivity contribution is -0.119. The van der Waals surface area contributed by atoms with E-state index in [1.165, 1.54) is 0 Å². The van der Waals surface area contributed by atoms with E-state index in [1.54, 1.807) is 4.90 Å². The molecular weight excluding hydrogens is 266 g/mol. The minimum atomic E-state index is -0.541. The molecule has 0 aliphatic carbocycles. The van der Waals surface area contributed by atoms with Gasteiger partial charge in [-0.05, 0) is 26.3 Å². The van der Waals surface area contributed by atoms with Gasteiger partial charge in [0.05, 0.1) is 0 Å². The Morgan fingerprint density at radius 1 is 1.14 bits per heavy atom. The summed E-state index contributed by atoms with van der Waals surface area (Å²) in [6, 6.07) is 9.71. The molecule has 0 N–H and O–H groups in total. The van der Waals surface area contributed by atoms with Crippen molar-refractivity contribution in [3.8, 4) is 0 Å². The minimum Gasteiger partial charge on any atom is -0.444 e. The smallest absolute Gasteiger partial charge is 0.410 e. The van der Waals surface area contributed by atoms with E-state index in [2.05, 4.69) is 0 Å². The van der Waals surface area contributed by atoms with E-state index in [0.717, 1.165) is 5.56 Å². The van der Waals surface area contributed by atoms with Gasteiger partial charge in [-0.15, -0.1) is 0 Å². The second kappa shape index (κ2) is 7.81. The van der Waals surface area contributed by atoms with E-state index in [1.807, 2.05) is 58.0 Å². The van der Waals surface area contributed by atoms with Crippen molar-refractivity contribution in [2.45, 2.75) is 52.7 Å². The van der Waals surface area contributed by atoms with Gasteiger partial charge in [0.1, 0.15) is 11.4 Å². The summed E-state index contributed by atoms with van der Waals surface area (Å²) in [6.45, 7) is 8.18. The Morgan fingerprint density at radius 2 is 1.76 bits per heavy atom. The number of rotatable bonds is 6. The number of amides is 1. The zero-order chi connectivity index (χ0) is 15.9. The van der Waals surface area contributed by atoms with Crippen LogP contribution in [0.1, 0.15) is 46.1 Å². The monoisotopic (exact) mass is 291 g/mol. The Bertz CT molecular complexity index is 463. The topological polar surface area (TPSA) is 46.6 Å². The molecule has 1 aromatic carbocycles. The van der Waals surface area contributed by atoms with Crippen LogP contribution < -0.4 is 0 Å². The van der Waals surface area contributed by atoms with E-state index >= 15 is 0 Å². The summed E-state index contributed by atoms with van der Waals surface area (Å²) in [6.07, 6.45) is 0.478. The highest BCUT2D eigenvalue weighted by Gasteiger charge is 2.22. The molecule has 4 nitrogen and oxygen atoms in total. The van der Waals surface area contributed by atoms with E-state index in [-0.39, 0.29) is 11.9 Å². The molecule has 1 aromatic rings. The number of ketones is 1. The van der Waals surface area contributed by atoms with Crippen LogP contribution in [0.15, 0.2) is 30.3 Å². The maximum Gasteiger partial charge on any atom is 0.410 e. The molecule has 0 bridgehead atoms. The summed E-state index contributed by atoms with van der Waals surface area (Å²) in [5, 5.41) is 0. The van der Waals surface area contributed by atoms with Crippen molar-refractivity contribution in [3.05, 3.63) is 35.9 Å². The fraction of sp³-hybridized carbons (Fsp3) is 0.529. The lowest BCUT2D eigenvalue weighted by atomic mass is 10.2. The van der Waals surface area contributed by atoms with Crippen LogP contribution in [-0.2, 0) is 16.1 Å². The molecule has 0 aliphatic rings. The Kier molecular flexibility index (Phi) is 6.40. The number of benzene rings is 1. The van der Waals surface area contributed by atoms with Gasteiger partial charge in [-0.25, -0.2) is 4.79 Å². The minimum absolute atomic E-state index is 0.150. The third kappa shape index (κ3) is 6.93. The summed E-state index contributed by atoms with van der Waals surface area (Å²) >= 11 is 0. The molecule has 4 heteroatoms. The van der Waals surface area contributed by atoms with E-state index in [0.29, 0.717) is 25.9 Å². The highest BCUT2D eigenvalue weighted by molar-refractivity contribution is 5.78. The Balaban J connectivity index is 2.74. The van der Waals surface area contributed by atoms with Gasteiger partial charge in [-0.3, -0.25) is 4.79 Å². The molecule has 0 radical (unpaired) electrons. The quantitative estimate of drug-likeness (QED) is 0.801. The molecule has 1 rings (SSSR count). The maximum absolute atomic E-state index is 12.3. The molecule has 0 atom stereocenters. The zero-order valence-electron chi connectivity index (χ0n) is 13.4. The van der Waals surface area contributed by atoms with Gasteiger partial charge in [0.25, 0.3) is 0 Å². The first kappa shape index (κ1) is 17.2. The van der Waals surface area contributed by atoms with Gasteiger partial charge in [0, 0.05) is 25.9 Å². The molecule has 116 valence electrons. The van der Waals surface area contributed by atoms with Crippen LogP contribution in [0.3, 0.4) is 0 Å². The number of Topliss-reactive ketones (excluding diaryl/α,β-unsaturated/α-hetero) is 1. The average Bonchev–Trinajstić information content (AvgIpc) is 2.42. The van der Waals surface area contributed by atoms with Gasteiger partial charge in [0.15, 0.2) is 0 Å². The molecule has 0 fully saturated rings. The summed E-state index contributed by atoms with van der Waals surface area (Å²) in [5.41, 5.74) is 0.480. The van der Waals surface area contributed by atoms with Crippen LogP contribution in [0.25, 0.3) is 0 Å². The van der Waals surface area contributed by atoms with Crippen molar-refractivity contribution < 1.29 is 14.3 Å². The van der Waals surface area contributed by atoms with Crippen molar-refractivity contribution in [3.63, 3.8) is 0 Å². The first-order chi connectivity index (χ1) is 9.81. The molecule has 0 aliphatic heterocycles. The van der Waals surface area contributed by atoms with Gasteiger partial charge in [-0.2, -0.15) is 0 Å². The molecule has 0 heterocycles. The largest absolute Gasteiger partial charge is 0.444 e. The Morgan fingerprint density at radius 3 is 2.29 bits per heavy atom. The summed E-state index contributed by atoms with van der Waals surface area (Å²) in [4.78, 5) is 25.3. The number of nitrogens with zero attached hydrogens (tertiary/aromatic N) is 1. The average molecular weight is 291 g/mol. The fourth-order valence-corrected chi connectivity index (χ4v) is 1.80. The standard InChI is InChI=1S/C17H25NO3/c1-5-15(19)11-12-18(16(20)21-17(2,3)4)13-14-9-7-6-8-10-14/h6-10H,5,11-13H2,1-4H3. The first-order valence-corrected chi connectivity index (χ1v) is 7.35. The third-order valence-electron chi connectivity index (χ3n) is 2.92. The Hall–Kier alpha value is -1.84. The van der Waals surface area contributed by atoms with Crippen LogP contribution >= 0.6 is 0 Å². The normalized spacial score (nSPS) is 11.0. The van der Waals surface area contributed by atoms with Gasteiger partial charge < -0.3 is 9.64 Å². The molecule has 0 saturated carbocycles. The van der Waals surface area contributed by atoms with Crippen LogP contribution in [0.2, 0.25) is 0 Å². The van der Waals surface area contributed by atoms with Crippen molar-refractivity contribution in [1.29, 1.82) is 0 Å². The van der Waals surface area contributed by atoms with Crippen LogP contribution in [0.5, 0.6) is 0 Å². The SMILES string of the molecule is CCC(=O)CCN(Cc1ccccc1)C(=O)OC(C)(C)C. The molecular formula is C17H25NO3. The van der Waals surface area contributed by atoms with E-state index in [9.17, 15) is 9.59 Å². The van der Waals surface area contributed by atoms with Crippen LogP contribution in [0, 0.1) is 0 Å². The predicted octanol–water partition coefficient (Wildman–Crippen LogP) is 3.79. The van der Waals surface area contributed by atoms with E-state index < -0.39 is 5.60 Å². The van der Waals surface area contributed by atoms with Gasteiger partial charge >= 0.3 is 6.09 Å². The molecule has 0 aromatic heterocycles. The number of hydrogen-bond donors (Lipinski definition) is 0. The second-order valence-electron chi connectivity index (χ2n) is 6.03. The van der Waals surface area contributed by atoms with Crippen LogP contribution in [0.4, 0.5) is 4.79 Å². The maximum atomic E-state index is 12.3. The first-order valence-electron chi connectivity index (χ1n) is 7.35. The highest BCUT2D eigenvalue weighted by atomic mass is 16.6. The Labute approximate surface area is 127 Å². The van der Waals surface area contributed by atoms with Crippen LogP contribution in [-0.4, -0.2) is 28.9 Å². The lowest BCUT2D eigenvalue weighted by Gasteiger charge is -2.27. The van der Waals surface area contributed by atoms with Crippen molar-refractivity contribution in [1.82, 2.24) is 4.90 Å². The van der Waals surface area contributed by atoms with Gasteiger partial charge in [-0.1, -0.05) is 37.3 Å². The van der Waals surface area contributed by atoms with Crippen molar-refractivity contribution in [2.24, 2.45) is 0 Å². The van der Waals surface area contributed by atoms with E-state index in [4.69, 9.17) is 4.74 Å². The second-order valence-corrected chi connectivity index (χ2v) is 6.03. The highest BCUT2D eigenvalue weighted by Crippen LogP contribution is 2.13. The lowest BCUT2D eigenvalue weighted by Crippen LogP contribution is -2.37. The molecule has 21 heavy (non-hydrogen) atoms. The van der Waals surface area contributed by atoms with Crippen molar-refractivity contribution in [2.75, 3.05) is 6.54 Å². The number of carbonyl (C=O) groups excluding carboxylic acids is 2. The number of carbonyl (C=O) groups is 2. The zero-order valence-corrected chi connectivity index (χ0v) is 13.4. The van der Waals surface area contributed by atoms with Crippen molar-refractivity contribution >= 4 is 11.9 Å². The third-order valence-corrected chi connectivity index (χ3v) is 2.92.